The summed E-state index contributed by atoms with van der Waals surface area (Å²) in [7, 11) is 0. The van der Waals surface area contributed by atoms with Crippen LogP contribution in [0.25, 0.3) is 10.1 Å². The highest BCUT2D eigenvalue weighted by Crippen LogP contribution is 2.35. The summed E-state index contributed by atoms with van der Waals surface area (Å²) in [5.41, 5.74) is 6.48. The third-order valence-electron chi connectivity index (χ3n) is 2.63. The molecule has 1 aromatic carbocycles. The van der Waals surface area contributed by atoms with Crippen molar-refractivity contribution in [1.29, 1.82) is 0 Å². The van der Waals surface area contributed by atoms with Gasteiger partial charge in [-0.25, -0.2) is 0 Å². The lowest BCUT2D eigenvalue weighted by Gasteiger charge is -2.04. The maximum atomic E-state index is 12.0. The molecule has 0 aliphatic heterocycles. The Balaban J connectivity index is 2.16. The zero-order valence-electron chi connectivity index (χ0n) is 10.5. The average molecular weight is 299 g/mol. The predicted octanol–water partition coefficient (Wildman–Crippen LogP) is 2.90. The van der Waals surface area contributed by atoms with Crippen LogP contribution in [-0.4, -0.2) is 25.7 Å². The van der Waals surface area contributed by atoms with E-state index in [-0.39, 0.29) is 5.91 Å². The number of benzene rings is 1. The van der Waals surface area contributed by atoms with E-state index in [9.17, 15) is 4.79 Å². The van der Waals surface area contributed by atoms with Gasteiger partial charge in [0.05, 0.1) is 12.3 Å². The maximum absolute atomic E-state index is 12.0. The number of nitrogens with two attached hydrogens (primary N) is 1. The van der Waals surface area contributed by atoms with Gasteiger partial charge in [-0.2, -0.15) is 0 Å². The second-order valence-electron chi connectivity index (χ2n) is 3.94. The molecule has 19 heavy (non-hydrogen) atoms. The smallest absolute Gasteiger partial charge is 0.263 e. The lowest BCUT2D eigenvalue weighted by atomic mass is 10.2. The van der Waals surface area contributed by atoms with Crippen LogP contribution >= 0.6 is 22.9 Å². The first-order valence-electron chi connectivity index (χ1n) is 5.97. The predicted molar refractivity (Wildman–Crippen MR) is 80.1 cm³/mol. The molecule has 0 radical (unpaired) electrons. The van der Waals surface area contributed by atoms with Gasteiger partial charge in [0.25, 0.3) is 5.91 Å². The highest BCUT2D eigenvalue weighted by atomic mass is 35.5. The Morgan fingerprint density at radius 3 is 3.05 bits per heavy atom. The number of amides is 1. The van der Waals surface area contributed by atoms with Crippen molar-refractivity contribution in [2.75, 3.05) is 25.5 Å². The van der Waals surface area contributed by atoms with E-state index in [1.807, 2.05) is 13.0 Å². The fourth-order valence-corrected chi connectivity index (χ4v) is 2.91. The van der Waals surface area contributed by atoms with Gasteiger partial charge in [-0.1, -0.05) is 11.6 Å². The topological polar surface area (TPSA) is 64.3 Å². The van der Waals surface area contributed by atoms with E-state index in [1.54, 1.807) is 12.1 Å². The van der Waals surface area contributed by atoms with Crippen LogP contribution in [0.4, 0.5) is 5.69 Å². The van der Waals surface area contributed by atoms with Crippen LogP contribution in [-0.2, 0) is 4.74 Å². The first-order chi connectivity index (χ1) is 9.13. The lowest BCUT2D eigenvalue weighted by Crippen LogP contribution is -2.27. The van der Waals surface area contributed by atoms with Crippen molar-refractivity contribution in [2.45, 2.75) is 6.92 Å². The maximum Gasteiger partial charge on any atom is 0.263 e. The summed E-state index contributed by atoms with van der Waals surface area (Å²) >= 11 is 7.30. The van der Waals surface area contributed by atoms with Crippen molar-refractivity contribution < 1.29 is 9.53 Å². The molecular formula is C13H15ClN2O2S. The fourth-order valence-electron chi connectivity index (χ4n) is 1.72. The monoisotopic (exact) mass is 298 g/mol. The Bertz CT molecular complexity index is 598. The first kappa shape index (κ1) is 14.1. The Morgan fingerprint density at radius 2 is 2.32 bits per heavy atom. The van der Waals surface area contributed by atoms with Crippen LogP contribution in [0.2, 0.25) is 5.02 Å². The molecule has 0 spiro atoms. The summed E-state index contributed by atoms with van der Waals surface area (Å²) in [4.78, 5) is 12.5. The van der Waals surface area contributed by atoms with Gasteiger partial charge >= 0.3 is 0 Å². The summed E-state index contributed by atoms with van der Waals surface area (Å²) in [6.45, 7) is 3.52. The molecule has 2 aromatic rings. The van der Waals surface area contributed by atoms with Crippen LogP contribution in [0.3, 0.4) is 0 Å². The number of anilines is 1. The molecule has 0 bridgehead atoms. The molecule has 1 aromatic heterocycles. The number of nitrogens with one attached hydrogen (secondary N) is 1. The quantitative estimate of drug-likeness (QED) is 0.834. The van der Waals surface area contributed by atoms with Crippen LogP contribution < -0.4 is 11.1 Å². The molecule has 0 atom stereocenters. The molecule has 0 aliphatic rings. The molecule has 1 heterocycles. The number of carbonyl (C=O) groups excluding carboxylic acids is 1. The molecule has 102 valence electrons. The number of nitrogen functional groups attached to an aromatic ring is 1. The molecule has 0 fully saturated rings. The summed E-state index contributed by atoms with van der Waals surface area (Å²) in [6, 6.07) is 5.44. The largest absolute Gasteiger partial charge is 0.397 e. The summed E-state index contributed by atoms with van der Waals surface area (Å²) in [6.07, 6.45) is 0. The van der Waals surface area contributed by atoms with Crippen molar-refractivity contribution in [3.63, 3.8) is 0 Å². The minimum atomic E-state index is -0.172. The third-order valence-corrected chi connectivity index (χ3v) is 4.05. The molecule has 2 rings (SSSR count). The van der Waals surface area contributed by atoms with E-state index in [2.05, 4.69) is 5.32 Å². The summed E-state index contributed by atoms with van der Waals surface area (Å²) in [5.74, 6) is -0.172. The van der Waals surface area contributed by atoms with Gasteiger partial charge in [0.1, 0.15) is 4.88 Å². The number of fused-ring (bicyclic) bond motifs is 1. The summed E-state index contributed by atoms with van der Waals surface area (Å²) in [5, 5.41) is 4.22. The third kappa shape index (κ3) is 3.18. The summed E-state index contributed by atoms with van der Waals surface area (Å²) < 4.78 is 6.12. The van der Waals surface area contributed by atoms with Crippen molar-refractivity contribution >= 4 is 44.6 Å². The number of rotatable bonds is 5. The van der Waals surface area contributed by atoms with Gasteiger partial charge in [0.2, 0.25) is 0 Å². The van der Waals surface area contributed by atoms with Crippen LogP contribution in [0.1, 0.15) is 16.6 Å². The van der Waals surface area contributed by atoms with Crippen molar-refractivity contribution in [3.05, 3.63) is 28.1 Å². The number of hydrogen-bond acceptors (Lipinski definition) is 4. The minimum absolute atomic E-state index is 0.172. The van der Waals surface area contributed by atoms with E-state index in [1.165, 1.54) is 11.3 Å². The van der Waals surface area contributed by atoms with Crippen molar-refractivity contribution in [3.8, 4) is 0 Å². The van der Waals surface area contributed by atoms with E-state index in [0.29, 0.717) is 35.3 Å². The van der Waals surface area contributed by atoms with Gasteiger partial charge in [0, 0.05) is 28.3 Å². The molecule has 0 saturated carbocycles. The molecule has 0 aliphatic carbocycles. The molecule has 0 unspecified atom stereocenters. The van der Waals surface area contributed by atoms with E-state index >= 15 is 0 Å². The highest BCUT2D eigenvalue weighted by Gasteiger charge is 2.16. The fraction of sp³-hybridized carbons (Fsp3) is 0.308. The number of hydrogen-bond donors (Lipinski definition) is 2. The van der Waals surface area contributed by atoms with Crippen LogP contribution in [0.15, 0.2) is 18.2 Å². The van der Waals surface area contributed by atoms with Gasteiger partial charge in [0.15, 0.2) is 0 Å². The second kappa shape index (κ2) is 6.23. The van der Waals surface area contributed by atoms with Gasteiger partial charge in [-0.15, -0.1) is 11.3 Å². The molecule has 3 N–H and O–H groups in total. The standard InChI is InChI=1S/C13H15ClN2O2S/c1-2-18-6-5-16-13(17)12-11(15)9-7-8(14)3-4-10(9)19-12/h3-4,7H,2,5-6,15H2,1H3,(H,16,17). The lowest BCUT2D eigenvalue weighted by molar-refractivity contribution is 0.0927. The highest BCUT2D eigenvalue weighted by molar-refractivity contribution is 7.21. The second-order valence-corrected chi connectivity index (χ2v) is 5.43. The van der Waals surface area contributed by atoms with Crippen molar-refractivity contribution in [1.82, 2.24) is 5.32 Å². The number of thiophene rings is 1. The zero-order valence-corrected chi connectivity index (χ0v) is 12.1. The number of halogens is 1. The van der Waals surface area contributed by atoms with Gasteiger partial charge in [-0.05, 0) is 25.1 Å². The number of ether oxygens (including phenoxy) is 1. The first-order valence-corrected chi connectivity index (χ1v) is 7.16. The van der Waals surface area contributed by atoms with Crippen LogP contribution in [0.5, 0.6) is 0 Å². The normalized spacial score (nSPS) is 10.8. The van der Waals surface area contributed by atoms with Crippen molar-refractivity contribution in [2.24, 2.45) is 0 Å². The van der Waals surface area contributed by atoms with Gasteiger partial charge in [-0.3, -0.25) is 4.79 Å². The molecule has 6 heteroatoms. The van der Waals surface area contributed by atoms with E-state index < -0.39 is 0 Å². The number of carbonyl (C=O) groups is 1. The van der Waals surface area contributed by atoms with Gasteiger partial charge < -0.3 is 15.8 Å². The zero-order chi connectivity index (χ0) is 13.8. The van der Waals surface area contributed by atoms with E-state index in [0.717, 1.165) is 10.1 Å². The molecular weight excluding hydrogens is 284 g/mol. The molecule has 4 nitrogen and oxygen atoms in total. The SMILES string of the molecule is CCOCCNC(=O)c1sc2ccc(Cl)cc2c1N. The molecule has 0 saturated heterocycles. The average Bonchev–Trinajstić information content (AvgIpc) is 2.72. The molecule has 1 amide bonds. The Kier molecular flexibility index (Phi) is 4.63. The Labute approximate surface area is 120 Å². The minimum Gasteiger partial charge on any atom is -0.397 e. The Morgan fingerprint density at radius 1 is 1.53 bits per heavy atom. The Hall–Kier alpha value is -1.30. The van der Waals surface area contributed by atoms with E-state index in [4.69, 9.17) is 22.1 Å². The van der Waals surface area contributed by atoms with Crippen LogP contribution in [0, 0.1) is 0 Å².